The number of rotatable bonds is 5. The molecule has 0 bridgehead atoms. The van der Waals surface area contributed by atoms with Crippen molar-refractivity contribution < 1.29 is 14.3 Å². The lowest BCUT2D eigenvalue weighted by molar-refractivity contribution is -0.136. The summed E-state index contributed by atoms with van der Waals surface area (Å²) in [7, 11) is 0. The van der Waals surface area contributed by atoms with Crippen molar-refractivity contribution >= 4 is 23.2 Å². The van der Waals surface area contributed by atoms with Crippen molar-refractivity contribution in [2.75, 3.05) is 11.9 Å². The van der Waals surface area contributed by atoms with Gasteiger partial charge in [0.2, 0.25) is 5.91 Å². The molecule has 1 heterocycles. The second kappa shape index (κ2) is 6.70. The van der Waals surface area contributed by atoms with Gasteiger partial charge in [-0.2, -0.15) is 5.10 Å². The predicted octanol–water partition coefficient (Wildman–Crippen LogP) is 2.05. The largest absolute Gasteiger partial charge is 0.366 e. The van der Waals surface area contributed by atoms with Gasteiger partial charge in [0, 0.05) is 25.1 Å². The maximum absolute atomic E-state index is 12.1. The Morgan fingerprint density at radius 1 is 1.32 bits per heavy atom. The van der Waals surface area contributed by atoms with E-state index in [0.29, 0.717) is 25.1 Å². The number of nitrogens with one attached hydrogen (secondary N) is 2. The van der Waals surface area contributed by atoms with Gasteiger partial charge in [0.25, 0.3) is 5.91 Å². The Morgan fingerprint density at radius 2 is 2.00 bits per heavy atom. The van der Waals surface area contributed by atoms with Gasteiger partial charge >= 0.3 is 0 Å². The number of amides is 2. The third-order valence-electron chi connectivity index (χ3n) is 3.43. The molecule has 2 rings (SSSR count). The number of hydrogen-bond acceptors (Lipinski definition) is 4. The molecule has 0 spiro atoms. The van der Waals surface area contributed by atoms with Crippen molar-refractivity contribution in [3.63, 3.8) is 0 Å². The summed E-state index contributed by atoms with van der Waals surface area (Å²) in [5.41, 5.74) is 4.07. The van der Waals surface area contributed by atoms with Crippen LogP contribution in [0.1, 0.15) is 39.2 Å². The van der Waals surface area contributed by atoms with Crippen molar-refractivity contribution in [1.82, 2.24) is 5.43 Å². The van der Waals surface area contributed by atoms with E-state index in [-0.39, 0.29) is 11.8 Å². The molecule has 1 aliphatic rings. The third kappa shape index (κ3) is 3.92. The molecule has 0 radical (unpaired) electrons. The fourth-order valence-electron chi connectivity index (χ4n) is 2.14. The first kappa shape index (κ1) is 16.2. The van der Waals surface area contributed by atoms with E-state index in [1.54, 1.807) is 13.8 Å². The van der Waals surface area contributed by atoms with Crippen molar-refractivity contribution in [2.24, 2.45) is 5.10 Å². The summed E-state index contributed by atoms with van der Waals surface area (Å²) < 4.78 is 5.42. The molecule has 6 nitrogen and oxygen atoms in total. The summed E-state index contributed by atoms with van der Waals surface area (Å²) in [5.74, 6) is -0.254. The molecule has 0 saturated heterocycles. The zero-order valence-electron chi connectivity index (χ0n) is 13.1. The second-order valence-corrected chi connectivity index (χ2v) is 5.57. The molecule has 1 aromatic rings. The number of nitrogens with zero attached hydrogens (tertiary/aromatic N) is 1. The molecule has 0 aliphatic carbocycles. The van der Waals surface area contributed by atoms with Crippen LogP contribution in [0.15, 0.2) is 29.4 Å². The van der Waals surface area contributed by atoms with Gasteiger partial charge in [0.05, 0.1) is 5.71 Å². The van der Waals surface area contributed by atoms with E-state index in [2.05, 4.69) is 15.8 Å². The lowest BCUT2D eigenvalue weighted by atomic mass is 10.0. The average Bonchev–Trinajstić information content (AvgIpc) is 2.49. The summed E-state index contributed by atoms with van der Waals surface area (Å²) in [4.78, 5) is 23.2. The highest BCUT2D eigenvalue weighted by atomic mass is 16.5. The highest BCUT2D eigenvalue weighted by molar-refractivity contribution is 6.04. The van der Waals surface area contributed by atoms with Crippen molar-refractivity contribution in [1.29, 1.82) is 0 Å². The number of hydrogen-bond donors (Lipinski definition) is 2. The lowest BCUT2D eigenvalue weighted by Gasteiger charge is -2.23. The van der Waals surface area contributed by atoms with Crippen LogP contribution in [0.2, 0.25) is 0 Å². The molecule has 22 heavy (non-hydrogen) atoms. The van der Waals surface area contributed by atoms with Crippen LogP contribution in [-0.4, -0.2) is 29.7 Å². The molecule has 118 valence electrons. The average molecular weight is 303 g/mol. The smallest absolute Gasteiger partial charge is 0.256 e. The fourth-order valence-corrected chi connectivity index (χ4v) is 2.14. The van der Waals surface area contributed by atoms with Gasteiger partial charge in [-0.3, -0.25) is 9.59 Å². The van der Waals surface area contributed by atoms with E-state index in [4.69, 9.17) is 4.74 Å². The molecule has 0 aromatic heterocycles. The van der Waals surface area contributed by atoms with E-state index in [9.17, 15) is 9.59 Å². The Labute approximate surface area is 129 Å². The Kier molecular flexibility index (Phi) is 4.92. The topological polar surface area (TPSA) is 79.8 Å². The molecule has 0 fully saturated rings. The Hall–Kier alpha value is -2.21. The highest BCUT2D eigenvalue weighted by Crippen LogP contribution is 2.17. The highest BCUT2D eigenvalue weighted by Gasteiger charge is 2.27. The number of carbonyl (C=O) groups is 2. The number of benzene rings is 1. The van der Waals surface area contributed by atoms with Crippen LogP contribution in [0.4, 0.5) is 5.69 Å². The molecular weight excluding hydrogens is 282 g/mol. The minimum atomic E-state index is -0.870. The van der Waals surface area contributed by atoms with Crippen molar-refractivity contribution in [2.45, 2.75) is 39.2 Å². The SMILES string of the molecule is CCOC(C)(C)C(=O)Nc1ccc(C2=NNC(=O)CC2)cc1. The molecule has 2 amide bonds. The second-order valence-electron chi connectivity index (χ2n) is 5.57. The monoisotopic (exact) mass is 303 g/mol. The molecule has 1 aromatic carbocycles. The quantitative estimate of drug-likeness (QED) is 0.873. The van der Waals surface area contributed by atoms with Crippen LogP contribution in [-0.2, 0) is 14.3 Å². The van der Waals surface area contributed by atoms with Crippen LogP contribution in [0.3, 0.4) is 0 Å². The molecule has 0 saturated carbocycles. The summed E-state index contributed by atoms with van der Waals surface area (Å²) in [5, 5.41) is 6.88. The van der Waals surface area contributed by atoms with Gasteiger partial charge < -0.3 is 10.1 Å². The summed E-state index contributed by atoms with van der Waals surface area (Å²) >= 11 is 0. The first-order chi connectivity index (χ1) is 10.4. The molecule has 2 N–H and O–H groups in total. The van der Waals surface area contributed by atoms with Gasteiger partial charge in [-0.05, 0) is 38.5 Å². The predicted molar refractivity (Wildman–Crippen MR) is 84.7 cm³/mol. The molecule has 0 atom stereocenters. The maximum Gasteiger partial charge on any atom is 0.256 e. The van der Waals surface area contributed by atoms with E-state index < -0.39 is 5.60 Å². The number of hydrazone groups is 1. The van der Waals surface area contributed by atoms with Crippen molar-refractivity contribution in [3.8, 4) is 0 Å². The minimum absolute atomic E-state index is 0.0641. The Morgan fingerprint density at radius 3 is 2.55 bits per heavy atom. The summed E-state index contributed by atoms with van der Waals surface area (Å²) in [6, 6.07) is 7.38. The van der Waals surface area contributed by atoms with Crippen LogP contribution in [0, 0.1) is 0 Å². The maximum atomic E-state index is 12.1. The van der Waals surface area contributed by atoms with Crippen LogP contribution in [0.5, 0.6) is 0 Å². The normalized spacial score (nSPS) is 15.0. The standard InChI is InChI=1S/C16H21N3O3/c1-4-22-16(2,3)15(21)17-12-7-5-11(6-8-12)13-9-10-14(20)19-18-13/h5-8H,4,9-10H2,1-3H3,(H,17,21)(H,19,20). The van der Waals surface area contributed by atoms with Crippen LogP contribution >= 0.6 is 0 Å². The van der Waals surface area contributed by atoms with E-state index in [1.165, 1.54) is 0 Å². The third-order valence-corrected chi connectivity index (χ3v) is 3.43. The van der Waals surface area contributed by atoms with Gasteiger partial charge in [-0.1, -0.05) is 12.1 Å². The van der Waals surface area contributed by atoms with Gasteiger partial charge in [0.15, 0.2) is 0 Å². The molecular formula is C16H21N3O3. The minimum Gasteiger partial charge on any atom is -0.366 e. The summed E-state index contributed by atoms with van der Waals surface area (Å²) in [6.45, 7) is 5.80. The zero-order chi connectivity index (χ0) is 16.2. The Bertz CT molecular complexity index is 591. The van der Waals surface area contributed by atoms with Gasteiger partial charge in [-0.15, -0.1) is 0 Å². The first-order valence-electron chi connectivity index (χ1n) is 7.33. The zero-order valence-corrected chi connectivity index (χ0v) is 13.1. The van der Waals surface area contributed by atoms with Crippen LogP contribution < -0.4 is 10.7 Å². The number of anilines is 1. The van der Waals surface area contributed by atoms with Gasteiger partial charge in [-0.25, -0.2) is 5.43 Å². The lowest BCUT2D eigenvalue weighted by Crippen LogP contribution is -2.39. The first-order valence-corrected chi connectivity index (χ1v) is 7.33. The van der Waals surface area contributed by atoms with E-state index in [0.717, 1.165) is 11.3 Å². The molecule has 0 unspecified atom stereocenters. The van der Waals surface area contributed by atoms with E-state index >= 15 is 0 Å². The fraction of sp³-hybridized carbons (Fsp3) is 0.438. The molecule has 6 heteroatoms. The summed E-state index contributed by atoms with van der Waals surface area (Å²) in [6.07, 6.45) is 1.06. The van der Waals surface area contributed by atoms with E-state index in [1.807, 2.05) is 31.2 Å². The molecule has 1 aliphatic heterocycles. The van der Waals surface area contributed by atoms with Gasteiger partial charge in [0.1, 0.15) is 5.60 Å². The van der Waals surface area contributed by atoms with Crippen LogP contribution in [0.25, 0.3) is 0 Å². The Balaban J connectivity index is 2.03. The van der Waals surface area contributed by atoms with Crippen molar-refractivity contribution in [3.05, 3.63) is 29.8 Å². The number of ether oxygens (including phenoxy) is 1. The number of carbonyl (C=O) groups excluding carboxylic acids is 2.